The van der Waals surface area contributed by atoms with Gasteiger partial charge in [-0.1, -0.05) is 147 Å². The van der Waals surface area contributed by atoms with Crippen LogP contribution >= 0.6 is 7.82 Å². The molecule has 0 aromatic heterocycles. The van der Waals surface area contributed by atoms with Crippen LogP contribution in [-0.2, 0) is 32.7 Å². The number of esters is 2. The van der Waals surface area contributed by atoms with Crippen molar-refractivity contribution in [2.75, 3.05) is 26.4 Å². The Labute approximate surface area is 323 Å². The summed E-state index contributed by atoms with van der Waals surface area (Å²) in [7, 11) is -4.62. The van der Waals surface area contributed by atoms with E-state index in [1.807, 2.05) is 6.08 Å². The van der Waals surface area contributed by atoms with Crippen LogP contribution in [0.2, 0.25) is 0 Å². The summed E-state index contributed by atoms with van der Waals surface area (Å²) in [4.78, 5) is 34.9. The van der Waals surface area contributed by atoms with Gasteiger partial charge in [0.1, 0.15) is 12.7 Å². The Morgan fingerprint density at radius 2 is 1.02 bits per heavy atom. The predicted octanol–water partition coefficient (Wildman–Crippen LogP) is 11.0. The SMILES string of the molecule is C=CCCCCCCCCCCCCCCCC(=O)OC[C@H](COP(=O)(O)OC[C@@H](O)CO)OC(=O)CCCC/C=C/CCCCCCCCCCC. The fourth-order valence-electron chi connectivity index (χ4n) is 5.91. The van der Waals surface area contributed by atoms with E-state index in [4.69, 9.17) is 19.1 Å². The zero-order valence-corrected chi connectivity index (χ0v) is 34.5. The highest BCUT2D eigenvalue weighted by Gasteiger charge is 2.27. The molecule has 3 atom stereocenters. The minimum atomic E-state index is -4.62. The van der Waals surface area contributed by atoms with Crippen LogP contribution in [0.5, 0.6) is 0 Å². The minimum absolute atomic E-state index is 0.156. The fraction of sp³-hybridized carbons (Fsp3) is 0.857. The maximum atomic E-state index is 12.6. The van der Waals surface area contributed by atoms with Crippen molar-refractivity contribution in [1.29, 1.82) is 0 Å². The number of carbonyl (C=O) groups is 2. The summed E-state index contributed by atoms with van der Waals surface area (Å²) in [5.74, 6) is -0.948. The van der Waals surface area contributed by atoms with Crippen LogP contribution < -0.4 is 0 Å². The molecule has 0 saturated heterocycles. The molecule has 0 saturated carbocycles. The molecule has 0 aromatic rings. The first-order chi connectivity index (χ1) is 25.7. The molecule has 0 heterocycles. The van der Waals surface area contributed by atoms with Gasteiger partial charge in [-0.05, 0) is 51.4 Å². The third-order valence-electron chi connectivity index (χ3n) is 9.22. The number of rotatable bonds is 41. The molecular formula is C42H79O10P. The summed E-state index contributed by atoms with van der Waals surface area (Å²) in [6.07, 6.45) is 36.1. The molecule has 10 nitrogen and oxygen atoms in total. The molecule has 3 N–H and O–H groups in total. The van der Waals surface area contributed by atoms with E-state index in [-0.39, 0.29) is 19.4 Å². The lowest BCUT2D eigenvalue weighted by molar-refractivity contribution is -0.161. The number of aliphatic hydroxyl groups is 2. The Morgan fingerprint density at radius 3 is 1.53 bits per heavy atom. The molecular weight excluding hydrogens is 695 g/mol. The summed E-state index contributed by atoms with van der Waals surface area (Å²) < 4.78 is 32.7. The van der Waals surface area contributed by atoms with E-state index in [0.717, 1.165) is 44.9 Å². The lowest BCUT2D eigenvalue weighted by Gasteiger charge is -2.20. The van der Waals surface area contributed by atoms with Crippen LogP contribution in [0.1, 0.15) is 193 Å². The fourth-order valence-corrected chi connectivity index (χ4v) is 6.70. The zero-order chi connectivity index (χ0) is 39.1. The van der Waals surface area contributed by atoms with Gasteiger partial charge in [-0.25, -0.2) is 4.57 Å². The first-order valence-electron chi connectivity index (χ1n) is 21.3. The van der Waals surface area contributed by atoms with Crippen LogP contribution in [0.15, 0.2) is 24.8 Å². The van der Waals surface area contributed by atoms with Crippen molar-refractivity contribution in [2.24, 2.45) is 0 Å². The maximum Gasteiger partial charge on any atom is 0.472 e. The molecule has 0 spiro atoms. The van der Waals surface area contributed by atoms with E-state index in [9.17, 15) is 24.2 Å². The van der Waals surface area contributed by atoms with E-state index >= 15 is 0 Å². The summed E-state index contributed by atoms with van der Waals surface area (Å²) in [6.45, 7) is 3.88. The number of phosphoric ester groups is 1. The Hall–Kier alpha value is -1.55. The molecule has 11 heteroatoms. The van der Waals surface area contributed by atoms with Crippen LogP contribution in [0.4, 0.5) is 0 Å². The van der Waals surface area contributed by atoms with Crippen LogP contribution in [0.3, 0.4) is 0 Å². The Morgan fingerprint density at radius 1 is 0.604 bits per heavy atom. The Kier molecular flexibility index (Phi) is 37.6. The molecule has 0 aliphatic carbocycles. The van der Waals surface area contributed by atoms with Gasteiger partial charge in [0.15, 0.2) is 6.10 Å². The van der Waals surface area contributed by atoms with Gasteiger partial charge < -0.3 is 24.6 Å². The monoisotopic (exact) mass is 775 g/mol. The number of hydrogen-bond donors (Lipinski definition) is 3. The summed E-state index contributed by atoms with van der Waals surface area (Å²) in [5.41, 5.74) is 0. The van der Waals surface area contributed by atoms with Crippen LogP contribution in [-0.4, -0.2) is 65.7 Å². The van der Waals surface area contributed by atoms with Gasteiger partial charge in [0.2, 0.25) is 0 Å². The second-order valence-electron chi connectivity index (χ2n) is 14.4. The van der Waals surface area contributed by atoms with Gasteiger partial charge in [-0.15, -0.1) is 6.58 Å². The number of carbonyl (C=O) groups excluding carboxylic acids is 2. The van der Waals surface area contributed by atoms with Crippen molar-refractivity contribution in [3.8, 4) is 0 Å². The smallest absolute Gasteiger partial charge is 0.462 e. The number of allylic oxidation sites excluding steroid dienone is 3. The molecule has 0 fully saturated rings. The topological polar surface area (TPSA) is 149 Å². The van der Waals surface area contributed by atoms with E-state index in [1.165, 1.54) is 116 Å². The molecule has 53 heavy (non-hydrogen) atoms. The second-order valence-corrected chi connectivity index (χ2v) is 15.9. The Bertz CT molecular complexity index is 928. The minimum Gasteiger partial charge on any atom is -0.462 e. The van der Waals surface area contributed by atoms with Gasteiger partial charge in [0, 0.05) is 12.8 Å². The molecule has 0 bridgehead atoms. The van der Waals surface area contributed by atoms with Crippen molar-refractivity contribution in [3.63, 3.8) is 0 Å². The first kappa shape index (κ1) is 51.5. The van der Waals surface area contributed by atoms with Gasteiger partial charge in [0.25, 0.3) is 0 Å². The largest absolute Gasteiger partial charge is 0.472 e. The second kappa shape index (κ2) is 38.7. The number of aliphatic hydroxyl groups excluding tert-OH is 2. The van der Waals surface area contributed by atoms with Crippen molar-refractivity contribution >= 4 is 19.8 Å². The molecule has 0 aliphatic rings. The third-order valence-corrected chi connectivity index (χ3v) is 10.2. The maximum absolute atomic E-state index is 12.6. The number of ether oxygens (including phenoxy) is 2. The predicted molar refractivity (Wildman–Crippen MR) is 215 cm³/mol. The van der Waals surface area contributed by atoms with E-state index in [0.29, 0.717) is 12.8 Å². The summed E-state index contributed by atoms with van der Waals surface area (Å²) in [6, 6.07) is 0. The Balaban J connectivity index is 4.30. The summed E-state index contributed by atoms with van der Waals surface area (Å²) in [5, 5.41) is 18.3. The normalized spacial score (nSPS) is 13.9. The van der Waals surface area contributed by atoms with Gasteiger partial charge in [-0.2, -0.15) is 0 Å². The lowest BCUT2D eigenvalue weighted by atomic mass is 10.0. The average molecular weight is 775 g/mol. The van der Waals surface area contributed by atoms with E-state index < -0.39 is 51.8 Å². The van der Waals surface area contributed by atoms with Crippen LogP contribution in [0, 0.1) is 0 Å². The quantitative estimate of drug-likeness (QED) is 0.0237. The van der Waals surface area contributed by atoms with Crippen LogP contribution in [0.25, 0.3) is 0 Å². The van der Waals surface area contributed by atoms with Gasteiger partial charge in [-0.3, -0.25) is 18.6 Å². The van der Waals surface area contributed by atoms with Gasteiger partial charge >= 0.3 is 19.8 Å². The molecule has 0 rings (SSSR count). The zero-order valence-electron chi connectivity index (χ0n) is 33.6. The first-order valence-corrected chi connectivity index (χ1v) is 22.7. The van der Waals surface area contributed by atoms with Crippen molar-refractivity contribution in [3.05, 3.63) is 24.8 Å². The van der Waals surface area contributed by atoms with Crippen molar-refractivity contribution in [2.45, 2.75) is 205 Å². The molecule has 0 radical (unpaired) electrons. The average Bonchev–Trinajstić information content (AvgIpc) is 3.14. The number of phosphoric acid groups is 1. The molecule has 0 aromatic carbocycles. The third kappa shape index (κ3) is 38.5. The van der Waals surface area contributed by atoms with E-state index in [2.05, 4.69) is 30.2 Å². The molecule has 1 unspecified atom stereocenters. The molecule has 0 aliphatic heterocycles. The number of hydrogen-bond acceptors (Lipinski definition) is 9. The highest BCUT2D eigenvalue weighted by Crippen LogP contribution is 2.43. The van der Waals surface area contributed by atoms with Gasteiger partial charge in [0.05, 0.1) is 19.8 Å². The molecule has 0 amide bonds. The molecule has 312 valence electrons. The van der Waals surface area contributed by atoms with Crippen molar-refractivity contribution < 1.29 is 47.8 Å². The van der Waals surface area contributed by atoms with E-state index in [1.54, 1.807) is 0 Å². The standard InChI is InChI=1S/C42H79O10P/c1-3-5-7-9-11-13-15-17-19-21-23-25-27-29-31-33-41(45)49-37-40(38-51-53(47,48)50-36-39(44)35-43)52-42(46)34-32-30-28-26-24-22-20-18-16-14-12-10-8-6-4-2/h3,24,26,39-40,43-44H,1,4-23,25,27-38H2,2H3,(H,47,48)/b26-24+/t39-,40+/m0/s1. The summed E-state index contributed by atoms with van der Waals surface area (Å²) >= 11 is 0. The highest BCUT2D eigenvalue weighted by atomic mass is 31.2. The lowest BCUT2D eigenvalue weighted by Crippen LogP contribution is -2.29. The van der Waals surface area contributed by atoms with Crippen molar-refractivity contribution in [1.82, 2.24) is 0 Å². The number of unbranched alkanes of at least 4 members (excludes halogenated alkanes) is 24. The highest BCUT2D eigenvalue weighted by molar-refractivity contribution is 7.47.